The molecule has 8 N–H and O–H groups in total. The minimum atomic E-state index is -0.188. The first kappa shape index (κ1) is 52.9. The monoisotopic (exact) mass is 805 g/mol. The summed E-state index contributed by atoms with van der Waals surface area (Å²) >= 11 is 4.31. The number of aliphatic hydroxyl groups excluding tert-OH is 1. The summed E-state index contributed by atoms with van der Waals surface area (Å²) in [6.45, 7) is 28.0. The fourth-order valence-corrected chi connectivity index (χ4v) is 6.44. The highest BCUT2D eigenvalue weighted by Gasteiger charge is 2.25. The largest absolute Gasteiger partial charge is 0.512 e. The summed E-state index contributed by atoms with van der Waals surface area (Å²) < 4.78 is 0. The Balaban J connectivity index is 0.00000205. The van der Waals surface area contributed by atoms with Crippen LogP contribution in [0.1, 0.15) is 123 Å². The van der Waals surface area contributed by atoms with Crippen molar-refractivity contribution in [2.75, 3.05) is 12.3 Å². The molecule has 0 bridgehead atoms. The van der Waals surface area contributed by atoms with Crippen LogP contribution in [0.25, 0.3) is 27.1 Å². The van der Waals surface area contributed by atoms with E-state index in [2.05, 4.69) is 102 Å². The molecule has 0 saturated heterocycles. The molecule has 4 aromatic carbocycles. The summed E-state index contributed by atoms with van der Waals surface area (Å²) in [6.07, 6.45) is 10.6. The lowest BCUT2D eigenvalue weighted by Crippen LogP contribution is -2.05. The van der Waals surface area contributed by atoms with E-state index in [4.69, 9.17) is 22.6 Å². The minimum absolute atomic E-state index is 0.000524. The van der Waals surface area contributed by atoms with Gasteiger partial charge in [0.05, 0.1) is 16.3 Å². The highest BCUT2D eigenvalue weighted by Crippen LogP contribution is 2.39. The second kappa shape index (κ2) is 27.5. The van der Waals surface area contributed by atoms with Crippen LogP contribution in [-0.4, -0.2) is 28.1 Å². The summed E-state index contributed by atoms with van der Waals surface area (Å²) in [7, 11) is 0. The smallest absolute Gasteiger partial charge is 0.163 e. The number of allylic oxidation sites excluding steroid dienone is 10. The molecule has 0 amide bonds. The van der Waals surface area contributed by atoms with Crippen LogP contribution in [0.3, 0.4) is 0 Å². The van der Waals surface area contributed by atoms with Gasteiger partial charge >= 0.3 is 0 Å². The number of thiocarbonyl (C=S) groups is 1. The molecule has 0 unspecified atom stereocenters. The molecule has 6 nitrogen and oxygen atoms in total. The molecule has 0 heterocycles. The van der Waals surface area contributed by atoms with Crippen molar-refractivity contribution in [2.24, 2.45) is 11.5 Å². The molecule has 0 aliphatic heterocycles. The van der Waals surface area contributed by atoms with Gasteiger partial charge in [-0.05, 0) is 141 Å². The number of nitrogens with one attached hydrogen (secondary N) is 1. The van der Waals surface area contributed by atoms with Crippen LogP contribution in [0.15, 0.2) is 113 Å². The zero-order valence-electron chi connectivity index (χ0n) is 37.9. The van der Waals surface area contributed by atoms with E-state index in [-0.39, 0.29) is 11.5 Å². The molecular formula is C51H72N4O2S. The lowest BCUT2D eigenvalue weighted by atomic mass is 9.92. The quantitative estimate of drug-likeness (QED) is 0.0414. The molecule has 0 fully saturated rings. The molecule has 0 saturated carbocycles. The number of aryl methyl sites for hydroxylation is 3. The number of anilines is 1. The van der Waals surface area contributed by atoms with E-state index < -0.39 is 0 Å². The summed E-state index contributed by atoms with van der Waals surface area (Å²) in [4.78, 5) is 13.3. The van der Waals surface area contributed by atoms with Crippen molar-refractivity contribution in [3.63, 3.8) is 0 Å². The maximum atomic E-state index is 12.8. The molecule has 0 aromatic heterocycles. The Morgan fingerprint density at radius 2 is 1.26 bits per heavy atom. The van der Waals surface area contributed by atoms with E-state index in [1.165, 1.54) is 24.5 Å². The standard InChI is InChI=1S/C40H40N2O2.C3H8.C2H5NS.C2H7N.2C2H6/c1-23-13-14-26(4)37-31(23)9-8-12-34(37)35(41)22-20-30-19-18-29(39(30)38(27(5)43)28(6)44)17-15-24(2)32-10-7-11-33-25(3)16-21-36(42)40(32)33;1-3-2;1-2(3)4;1-2-3;2*1-2/h7-17,20-22,41,43H,18-19,42H2,1-6H3;3H2,1-2H3;1H3,(H2,3,4);2-3H2,1H3;2*1-2H3/b22-20?,24-15-,29-17+,38-27?,41-35?;;;;;. The average Bonchev–Trinajstić information content (AvgIpc) is 3.58. The zero-order valence-corrected chi connectivity index (χ0v) is 38.7. The summed E-state index contributed by atoms with van der Waals surface area (Å²) in [5.41, 5.74) is 26.7. The number of hydrogen-bond acceptors (Lipinski definition) is 6. The first-order chi connectivity index (χ1) is 27.5. The lowest BCUT2D eigenvalue weighted by molar-refractivity contribution is -0.113. The third-order valence-electron chi connectivity index (χ3n) is 8.73. The molecule has 0 radical (unpaired) electrons. The van der Waals surface area contributed by atoms with Gasteiger partial charge in [0.1, 0.15) is 5.76 Å². The number of benzene rings is 4. The van der Waals surface area contributed by atoms with E-state index in [1.807, 2.05) is 71.0 Å². The number of fused-ring (bicyclic) bond motifs is 2. The third-order valence-corrected chi connectivity index (χ3v) is 8.73. The Hall–Kier alpha value is -5.11. The first-order valence-corrected chi connectivity index (χ1v) is 21.0. The van der Waals surface area contributed by atoms with E-state index in [0.717, 1.165) is 79.2 Å². The van der Waals surface area contributed by atoms with Crippen molar-refractivity contribution in [2.45, 2.75) is 116 Å². The van der Waals surface area contributed by atoms with Crippen LogP contribution in [-0.2, 0) is 4.79 Å². The van der Waals surface area contributed by atoms with Crippen molar-refractivity contribution >= 4 is 61.5 Å². The summed E-state index contributed by atoms with van der Waals surface area (Å²) in [5, 5.41) is 24.0. The molecule has 58 heavy (non-hydrogen) atoms. The predicted octanol–water partition coefficient (Wildman–Crippen LogP) is 13.7. The Morgan fingerprint density at radius 1 is 0.793 bits per heavy atom. The number of carbonyl (C=O) groups is 1. The fraction of sp³-hybridized carbons (Fsp3) is 0.353. The van der Waals surface area contributed by atoms with Gasteiger partial charge < -0.3 is 27.7 Å². The van der Waals surface area contributed by atoms with Crippen LogP contribution in [0.5, 0.6) is 0 Å². The van der Waals surface area contributed by atoms with E-state index in [0.29, 0.717) is 22.7 Å². The highest BCUT2D eigenvalue weighted by atomic mass is 32.1. The van der Waals surface area contributed by atoms with Gasteiger partial charge in [-0.1, -0.05) is 140 Å². The van der Waals surface area contributed by atoms with Crippen LogP contribution >= 0.6 is 12.2 Å². The maximum Gasteiger partial charge on any atom is 0.163 e. The van der Waals surface area contributed by atoms with Crippen molar-refractivity contribution in [3.05, 3.63) is 141 Å². The third kappa shape index (κ3) is 15.0. The maximum absolute atomic E-state index is 12.8. The van der Waals surface area contributed by atoms with Gasteiger partial charge in [-0.25, -0.2) is 0 Å². The van der Waals surface area contributed by atoms with Gasteiger partial charge in [-0.2, -0.15) is 0 Å². The van der Waals surface area contributed by atoms with E-state index in [9.17, 15) is 9.90 Å². The number of rotatable bonds is 7. The minimum Gasteiger partial charge on any atom is -0.512 e. The van der Waals surface area contributed by atoms with Crippen molar-refractivity contribution in [1.82, 2.24) is 0 Å². The van der Waals surface area contributed by atoms with Crippen molar-refractivity contribution in [3.8, 4) is 0 Å². The zero-order chi connectivity index (χ0) is 44.7. The second-order valence-electron chi connectivity index (χ2n) is 13.6. The van der Waals surface area contributed by atoms with Crippen molar-refractivity contribution in [1.29, 1.82) is 5.41 Å². The molecular weight excluding hydrogens is 733 g/mol. The number of ketones is 1. The van der Waals surface area contributed by atoms with Crippen molar-refractivity contribution < 1.29 is 9.90 Å². The van der Waals surface area contributed by atoms with Gasteiger partial charge in [-0.15, -0.1) is 0 Å². The van der Waals surface area contributed by atoms with Gasteiger partial charge in [-0.3, -0.25) is 4.79 Å². The Morgan fingerprint density at radius 3 is 1.76 bits per heavy atom. The topological polar surface area (TPSA) is 139 Å². The first-order valence-electron chi connectivity index (χ1n) is 20.6. The Kier molecular flexibility index (Phi) is 25.1. The number of aliphatic hydroxyl groups is 1. The average molecular weight is 805 g/mol. The van der Waals surface area contributed by atoms with Gasteiger partial charge in [0, 0.05) is 16.6 Å². The molecule has 0 spiro atoms. The molecule has 1 aliphatic carbocycles. The van der Waals surface area contributed by atoms with Crippen LogP contribution in [0.4, 0.5) is 5.69 Å². The van der Waals surface area contributed by atoms with Gasteiger partial charge in [0.2, 0.25) is 0 Å². The normalized spacial score (nSPS) is 13.1. The van der Waals surface area contributed by atoms with E-state index in [1.54, 1.807) is 13.8 Å². The fourth-order valence-electron chi connectivity index (χ4n) is 6.44. The molecule has 1 aliphatic rings. The van der Waals surface area contributed by atoms with Crippen LogP contribution < -0.4 is 17.2 Å². The second-order valence-corrected chi connectivity index (χ2v) is 14.2. The summed E-state index contributed by atoms with van der Waals surface area (Å²) in [6, 6.07) is 20.5. The Labute approximate surface area is 356 Å². The summed E-state index contributed by atoms with van der Waals surface area (Å²) in [5.74, 6) is -0.189. The molecule has 4 aromatic rings. The van der Waals surface area contributed by atoms with Crippen LogP contribution in [0.2, 0.25) is 0 Å². The van der Waals surface area contributed by atoms with E-state index >= 15 is 0 Å². The molecule has 7 heteroatoms. The van der Waals surface area contributed by atoms with Gasteiger partial charge in [0.25, 0.3) is 0 Å². The number of Topliss-reactive ketones (excluding diaryl/α,β-unsaturated/α-hetero) is 1. The number of nitrogens with two attached hydrogens (primary N) is 3. The van der Waals surface area contributed by atoms with Crippen LogP contribution in [0, 0.1) is 26.2 Å². The highest BCUT2D eigenvalue weighted by molar-refractivity contribution is 7.80. The molecule has 5 rings (SSSR count). The number of nitrogen functional groups attached to an aromatic ring is 1. The van der Waals surface area contributed by atoms with Gasteiger partial charge in [0.15, 0.2) is 5.78 Å². The SMILES string of the molecule is CC.CC.CC(=O)C(=C(C)O)C1=C(C=CC(=N)c2cccc3c(C)ccc(C)c23)CC/C1=C\C=C(\C)c1cccc2c(C)ccc(N)c12.CC(N)=S.CCC.CCN. The predicted molar refractivity (Wildman–Crippen MR) is 262 cm³/mol. The Bertz CT molecular complexity index is 2160. The lowest BCUT2D eigenvalue weighted by Gasteiger charge is -2.13. The number of hydrogen-bond donors (Lipinski definition) is 5. The number of carbonyl (C=O) groups excluding carboxylic acids is 1. The molecule has 314 valence electrons. The molecule has 0 atom stereocenters.